The average Bonchev–Trinajstić information content (AvgIpc) is 2.86. The Bertz CT molecular complexity index is 1480. The molecule has 0 saturated heterocycles. The summed E-state index contributed by atoms with van der Waals surface area (Å²) in [6.07, 6.45) is 3.22. The van der Waals surface area contributed by atoms with Crippen LogP contribution in [0.1, 0.15) is 27.9 Å². The Labute approximate surface area is 217 Å². The number of nitrogens with two attached hydrogens (primary N) is 1. The van der Waals surface area contributed by atoms with E-state index in [0.29, 0.717) is 22.3 Å². The van der Waals surface area contributed by atoms with Crippen molar-refractivity contribution in [2.45, 2.75) is 31.1 Å². The number of rotatable bonds is 4. The number of primary amides is 1. The monoisotopic (exact) mass is 521 g/mol. The van der Waals surface area contributed by atoms with Crippen molar-refractivity contribution >= 4 is 17.5 Å². The van der Waals surface area contributed by atoms with Crippen molar-refractivity contribution < 1.29 is 39.9 Å². The molecular formula is C27H27N3O8. The topological polar surface area (TPSA) is 195 Å². The number of nitrogens with zero attached hydrogens (tertiary/aromatic N) is 2. The van der Waals surface area contributed by atoms with Crippen molar-refractivity contribution in [1.82, 2.24) is 9.88 Å². The van der Waals surface area contributed by atoms with Gasteiger partial charge < -0.3 is 31.3 Å². The second-order valence-electron chi connectivity index (χ2n) is 10.2. The zero-order valence-corrected chi connectivity index (χ0v) is 20.7. The summed E-state index contributed by atoms with van der Waals surface area (Å²) in [6, 6.07) is 3.61. The lowest BCUT2D eigenvalue weighted by Crippen LogP contribution is -2.63. The summed E-state index contributed by atoms with van der Waals surface area (Å²) in [4.78, 5) is 44.8. The minimum atomic E-state index is -2.68. The van der Waals surface area contributed by atoms with Gasteiger partial charge in [-0.2, -0.15) is 0 Å². The molecule has 1 aromatic heterocycles. The second kappa shape index (κ2) is 8.76. The molecule has 3 aliphatic rings. The highest BCUT2D eigenvalue weighted by Gasteiger charge is 2.63. The van der Waals surface area contributed by atoms with Crippen LogP contribution in [0.4, 0.5) is 0 Å². The summed E-state index contributed by atoms with van der Waals surface area (Å²) in [7, 11) is 3.15. The number of phenolic OH excluding ortho intramolecular Hbond substituents is 1. The van der Waals surface area contributed by atoms with Crippen molar-refractivity contribution in [3.05, 3.63) is 69.9 Å². The van der Waals surface area contributed by atoms with Gasteiger partial charge in [-0.15, -0.1) is 0 Å². The first-order valence-electron chi connectivity index (χ1n) is 12.0. The first-order chi connectivity index (χ1) is 17.9. The molecule has 0 radical (unpaired) electrons. The first kappa shape index (κ1) is 25.6. The smallest absolute Gasteiger partial charge is 0.255 e. The molecule has 1 aromatic carbocycles. The van der Waals surface area contributed by atoms with Crippen molar-refractivity contribution in [2.24, 2.45) is 17.6 Å². The molecule has 11 heteroatoms. The van der Waals surface area contributed by atoms with Gasteiger partial charge in [-0.3, -0.25) is 24.3 Å². The molecule has 4 atom stereocenters. The zero-order chi connectivity index (χ0) is 27.7. The molecule has 1 heterocycles. The van der Waals surface area contributed by atoms with E-state index in [-0.39, 0.29) is 36.3 Å². The quantitative estimate of drug-likeness (QED) is 0.311. The van der Waals surface area contributed by atoms with Crippen molar-refractivity contribution in [3.8, 4) is 16.9 Å². The normalized spacial score (nSPS) is 26.8. The van der Waals surface area contributed by atoms with Crippen LogP contribution in [0.2, 0.25) is 0 Å². The Morgan fingerprint density at radius 2 is 1.89 bits per heavy atom. The predicted molar refractivity (Wildman–Crippen MR) is 133 cm³/mol. The van der Waals surface area contributed by atoms with Crippen molar-refractivity contribution in [1.29, 1.82) is 0 Å². The van der Waals surface area contributed by atoms with Crippen LogP contribution in [0.15, 0.2) is 53.3 Å². The van der Waals surface area contributed by atoms with Gasteiger partial charge in [-0.05, 0) is 61.7 Å². The lowest BCUT2D eigenvalue weighted by molar-refractivity contribution is -0.148. The number of hydrogen-bond donors (Lipinski definition) is 6. The maximum absolute atomic E-state index is 13.8. The van der Waals surface area contributed by atoms with Crippen LogP contribution < -0.4 is 5.73 Å². The highest BCUT2D eigenvalue weighted by atomic mass is 16.3. The van der Waals surface area contributed by atoms with Crippen LogP contribution in [0.25, 0.3) is 11.1 Å². The maximum atomic E-state index is 13.8. The SMILES string of the molecule is CN(C)C1C(O)=C(C(N)=O)C(=O)C2(O)C(O)=C3C(=O)c4c(O)ccc(-c5cncc(CO)c5)c4CC3CC12. The number of aliphatic hydroxyl groups is 4. The van der Waals surface area contributed by atoms with E-state index in [1.54, 1.807) is 32.4 Å². The Morgan fingerprint density at radius 3 is 2.53 bits per heavy atom. The zero-order valence-electron chi connectivity index (χ0n) is 20.7. The molecule has 1 amide bonds. The molecule has 2 aromatic rings. The molecule has 38 heavy (non-hydrogen) atoms. The summed E-state index contributed by atoms with van der Waals surface area (Å²) >= 11 is 0. The number of amides is 1. The van der Waals surface area contributed by atoms with Gasteiger partial charge in [0.2, 0.25) is 5.78 Å². The molecule has 11 nitrogen and oxygen atoms in total. The Morgan fingerprint density at radius 1 is 1.18 bits per heavy atom. The standard InChI is InChI=1S/C27H27N3O8/c1-30(2)21-16-7-12-6-15-14(13-5-11(10-31)8-29-9-13)3-4-17(32)19(15)22(33)18(12)24(35)27(16,38)25(36)20(23(21)34)26(28)37/h3-5,8-9,12,16,21,31-32,34-35,38H,6-7,10H2,1-2H3,(H2,28,37). The van der Waals surface area contributed by atoms with Gasteiger partial charge in [0.05, 0.1) is 18.2 Å². The first-order valence-corrected chi connectivity index (χ1v) is 12.0. The van der Waals surface area contributed by atoms with Gasteiger partial charge >= 0.3 is 0 Å². The number of pyridine rings is 1. The second-order valence-corrected chi connectivity index (χ2v) is 10.2. The fourth-order valence-electron chi connectivity index (χ4n) is 6.24. The number of carbonyl (C=O) groups excluding carboxylic acids is 3. The lowest BCUT2D eigenvalue weighted by atomic mass is 9.58. The van der Waals surface area contributed by atoms with E-state index < -0.39 is 58.0 Å². The van der Waals surface area contributed by atoms with E-state index in [9.17, 15) is 39.9 Å². The number of carbonyl (C=O) groups is 3. The Balaban J connectivity index is 1.72. The number of aliphatic hydroxyl groups excluding tert-OH is 3. The van der Waals surface area contributed by atoms with E-state index in [4.69, 9.17) is 5.73 Å². The molecule has 7 N–H and O–H groups in total. The van der Waals surface area contributed by atoms with Gasteiger partial charge in [0.15, 0.2) is 11.4 Å². The van der Waals surface area contributed by atoms with Gasteiger partial charge in [0, 0.05) is 29.4 Å². The van der Waals surface area contributed by atoms with Crippen molar-refractivity contribution in [3.63, 3.8) is 0 Å². The van der Waals surface area contributed by atoms with Crippen LogP contribution >= 0.6 is 0 Å². The molecule has 5 rings (SSSR count). The third-order valence-corrected chi connectivity index (χ3v) is 7.89. The third kappa shape index (κ3) is 3.39. The highest BCUT2D eigenvalue weighted by molar-refractivity contribution is 6.24. The third-order valence-electron chi connectivity index (χ3n) is 7.89. The van der Waals surface area contributed by atoms with Crippen LogP contribution in [-0.2, 0) is 22.6 Å². The van der Waals surface area contributed by atoms with E-state index in [0.717, 1.165) is 0 Å². The molecule has 0 saturated carbocycles. The molecule has 198 valence electrons. The Hall–Kier alpha value is -4.06. The van der Waals surface area contributed by atoms with Crippen LogP contribution in [0.5, 0.6) is 5.75 Å². The minimum Gasteiger partial charge on any atom is -0.510 e. The van der Waals surface area contributed by atoms with E-state index >= 15 is 0 Å². The Kier molecular flexibility index (Phi) is 5.90. The summed E-state index contributed by atoms with van der Waals surface area (Å²) < 4.78 is 0. The van der Waals surface area contributed by atoms with Gasteiger partial charge in [0.25, 0.3) is 5.91 Å². The van der Waals surface area contributed by atoms with E-state index in [1.807, 2.05) is 0 Å². The molecule has 0 spiro atoms. The number of phenols is 1. The number of aromatic hydroxyl groups is 1. The minimum absolute atomic E-state index is 0.00418. The van der Waals surface area contributed by atoms with E-state index in [1.165, 1.54) is 17.2 Å². The number of ketones is 2. The average molecular weight is 522 g/mol. The van der Waals surface area contributed by atoms with Crippen LogP contribution in [0.3, 0.4) is 0 Å². The van der Waals surface area contributed by atoms with Crippen LogP contribution in [-0.4, -0.2) is 78.6 Å². The molecule has 4 unspecified atom stereocenters. The van der Waals surface area contributed by atoms with Gasteiger partial charge in [-0.1, -0.05) is 6.07 Å². The number of hydrogen-bond acceptors (Lipinski definition) is 10. The molecular weight excluding hydrogens is 494 g/mol. The van der Waals surface area contributed by atoms with Gasteiger partial charge in [-0.25, -0.2) is 0 Å². The molecule has 3 aliphatic carbocycles. The lowest BCUT2D eigenvalue weighted by Gasteiger charge is -2.50. The number of benzene rings is 1. The van der Waals surface area contributed by atoms with Crippen molar-refractivity contribution in [2.75, 3.05) is 14.1 Å². The fraction of sp³-hybridized carbons (Fsp3) is 0.333. The number of allylic oxidation sites excluding steroid dienone is 1. The largest absolute Gasteiger partial charge is 0.510 e. The van der Waals surface area contributed by atoms with Crippen LogP contribution in [0, 0.1) is 11.8 Å². The molecule has 0 fully saturated rings. The number of aromatic nitrogens is 1. The number of fused-ring (bicyclic) bond motifs is 3. The summed E-state index contributed by atoms with van der Waals surface area (Å²) in [5.41, 5.74) is 3.74. The maximum Gasteiger partial charge on any atom is 0.255 e. The molecule has 0 bridgehead atoms. The fourth-order valence-corrected chi connectivity index (χ4v) is 6.24. The predicted octanol–water partition coefficient (Wildman–Crippen LogP) is 0.675. The highest BCUT2D eigenvalue weighted by Crippen LogP contribution is 2.53. The summed E-state index contributed by atoms with van der Waals surface area (Å²) in [5.74, 6) is -6.98. The molecule has 0 aliphatic heterocycles. The number of likely N-dealkylation sites (N-methyl/N-ethyl adjacent to an activating group) is 1. The summed E-state index contributed by atoms with van der Waals surface area (Å²) in [6.45, 7) is -0.242. The van der Waals surface area contributed by atoms with Gasteiger partial charge in [0.1, 0.15) is 22.8 Å². The summed E-state index contributed by atoms with van der Waals surface area (Å²) in [5, 5.41) is 54.1. The van der Waals surface area contributed by atoms with E-state index in [2.05, 4.69) is 4.98 Å². The number of Topliss-reactive ketones (excluding diaryl/α,β-unsaturated/α-hetero) is 2.